The smallest absolute Gasteiger partial charge is 0.251 e. The van der Waals surface area contributed by atoms with Crippen molar-refractivity contribution in [1.82, 2.24) is 5.32 Å². The van der Waals surface area contributed by atoms with E-state index in [2.05, 4.69) is 5.32 Å². The quantitative estimate of drug-likeness (QED) is 0.868. The largest absolute Gasteiger partial charge is 0.545 e. The van der Waals surface area contributed by atoms with E-state index in [9.17, 15) is 14.7 Å². The van der Waals surface area contributed by atoms with E-state index in [0.29, 0.717) is 5.56 Å². The van der Waals surface area contributed by atoms with Crippen molar-refractivity contribution < 1.29 is 14.7 Å². The molecular formula is C14H16NO3-. The summed E-state index contributed by atoms with van der Waals surface area (Å²) < 4.78 is 0. The average Bonchev–Trinajstić information content (AvgIpc) is 2.40. The average molecular weight is 246 g/mol. The predicted octanol–water partition coefficient (Wildman–Crippen LogP) is 1.11. The SMILES string of the molecule is O=C([O-])c1ccc(C(=O)NC2CCCCC2)cc1. The second kappa shape index (κ2) is 5.67. The number of carbonyl (C=O) groups is 2. The molecule has 0 heterocycles. The van der Waals surface area contributed by atoms with Gasteiger partial charge in [-0.2, -0.15) is 0 Å². The normalized spacial score (nSPS) is 16.2. The summed E-state index contributed by atoms with van der Waals surface area (Å²) in [6.07, 6.45) is 5.63. The molecule has 1 aliphatic carbocycles. The van der Waals surface area contributed by atoms with Crippen LogP contribution in [-0.2, 0) is 0 Å². The standard InChI is InChI=1S/C14H17NO3/c16-13(15-12-4-2-1-3-5-12)10-6-8-11(9-7-10)14(17)18/h6-9,12H,1-5H2,(H,15,16)(H,17,18)/p-1. The van der Waals surface area contributed by atoms with Crippen LogP contribution in [0.1, 0.15) is 52.8 Å². The molecular weight excluding hydrogens is 230 g/mol. The van der Waals surface area contributed by atoms with Gasteiger partial charge in [0.05, 0.1) is 5.97 Å². The fourth-order valence-corrected chi connectivity index (χ4v) is 2.27. The molecule has 4 heteroatoms. The number of aromatic carboxylic acids is 1. The highest BCUT2D eigenvalue weighted by Gasteiger charge is 2.16. The molecule has 1 saturated carbocycles. The summed E-state index contributed by atoms with van der Waals surface area (Å²) in [5, 5.41) is 13.6. The Morgan fingerprint density at radius 3 is 2.11 bits per heavy atom. The Kier molecular flexibility index (Phi) is 3.97. The molecule has 18 heavy (non-hydrogen) atoms. The van der Waals surface area contributed by atoms with Crippen LogP contribution in [0.5, 0.6) is 0 Å². The maximum absolute atomic E-state index is 11.9. The number of carboxylic acids is 1. The highest BCUT2D eigenvalue weighted by atomic mass is 16.4. The van der Waals surface area contributed by atoms with Crippen LogP contribution in [0, 0.1) is 0 Å². The van der Waals surface area contributed by atoms with Gasteiger partial charge in [0.15, 0.2) is 0 Å². The zero-order valence-electron chi connectivity index (χ0n) is 10.1. The number of carboxylic acid groups (broad SMARTS) is 1. The topological polar surface area (TPSA) is 69.2 Å². The number of carbonyl (C=O) groups excluding carboxylic acids is 2. The van der Waals surface area contributed by atoms with Gasteiger partial charge in [-0.3, -0.25) is 4.79 Å². The third-order valence-electron chi connectivity index (χ3n) is 3.32. The molecule has 1 amide bonds. The van der Waals surface area contributed by atoms with Crippen LogP contribution in [0.2, 0.25) is 0 Å². The van der Waals surface area contributed by atoms with E-state index in [1.54, 1.807) is 0 Å². The van der Waals surface area contributed by atoms with Crippen molar-refractivity contribution in [2.45, 2.75) is 38.1 Å². The van der Waals surface area contributed by atoms with Gasteiger partial charge in [-0.15, -0.1) is 0 Å². The molecule has 96 valence electrons. The molecule has 2 rings (SSSR count). The van der Waals surface area contributed by atoms with E-state index < -0.39 is 5.97 Å². The summed E-state index contributed by atoms with van der Waals surface area (Å²) >= 11 is 0. The first-order valence-electron chi connectivity index (χ1n) is 6.29. The van der Waals surface area contributed by atoms with Crippen molar-refractivity contribution in [1.29, 1.82) is 0 Å². The third kappa shape index (κ3) is 3.09. The van der Waals surface area contributed by atoms with Crippen molar-refractivity contribution in [2.75, 3.05) is 0 Å². The zero-order valence-corrected chi connectivity index (χ0v) is 10.1. The molecule has 0 saturated heterocycles. The summed E-state index contributed by atoms with van der Waals surface area (Å²) in [5.74, 6) is -1.36. The van der Waals surface area contributed by atoms with Gasteiger partial charge in [0.2, 0.25) is 0 Å². The predicted molar refractivity (Wildman–Crippen MR) is 65.1 cm³/mol. The minimum Gasteiger partial charge on any atom is -0.545 e. The zero-order chi connectivity index (χ0) is 13.0. The van der Waals surface area contributed by atoms with Gasteiger partial charge < -0.3 is 15.2 Å². The molecule has 1 N–H and O–H groups in total. The Hall–Kier alpha value is -1.84. The summed E-state index contributed by atoms with van der Waals surface area (Å²) in [4.78, 5) is 22.5. The second-order valence-electron chi connectivity index (χ2n) is 4.67. The molecule has 0 aliphatic heterocycles. The van der Waals surface area contributed by atoms with Gasteiger partial charge in [0.1, 0.15) is 0 Å². The monoisotopic (exact) mass is 246 g/mol. The van der Waals surface area contributed by atoms with E-state index in [4.69, 9.17) is 0 Å². The van der Waals surface area contributed by atoms with Crippen LogP contribution in [0.3, 0.4) is 0 Å². The van der Waals surface area contributed by atoms with Gasteiger partial charge in [-0.1, -0.05) is 31.4 Å². The maximum Gasteiger partial charge on any atom is 0.251 e. The Labute approximate surface area is 106 Å². The Morgan fingerprint density at radius 1 is 1.00 bits per heavy atom. The van der Waals surface area contributed by atoms with Crippen molar-refractivity contribution in [3.05, 3.63) is 35.4 Å². The van der Waals surface area contributed by atoms with Crippen LogP contribution in [0.25, 0.3) is 0 Å². The van der Waals surface area contributed by atoms with Gasteiger partial charge in [-0.25, -0.2) is 0 Å². The van der Waals surface area contributed by atoms with Crippen molar-refractivity contribution in [3.63, 3.8) is 0 Å². The summed E-state index contributed by atoms with van der Waals surface area (Å²) in [6, 6.07) is 6.08. The second-order valence-corrected chi connectivity index (χ2v) is 4.67. The molecule has 0 bridgehead atoms. The van der Waals surface area contributed by atoms with Gasteiger partial charge in [0.25, 0.3) is 5.91 Å². The van der Waals surface area contributed by atoms with E-state index in [1.807, 2.05) is 0 Å². The first-order chi connectivity index (χ1) is 8.66. The van der Waals surface area contributed by atoms with Crippen LogP contribution >= 0.6 is 0 Å². The van der Waals surface area contributed by atoms with E-state index in [-0.39, 0.29) is 17.5 Å². The first kappa shape index (κ1) is 12.6. The first-order valence-corrected chi connectivity index (χ1v) is 6.29. The number of amides is 1. The highest BCUT2D eigenvalue weighted by molar-refractivity contribution is 5.95. The molecule has 0 atom stereocenters. The molecule has 1 aliphatic rings. The minimum atomic E-state index is -1.23. The highest BCUT2D eigenvalue weighted by Crippen LogP contribution is 2.17. The van der Waals surface area contributed by atoms with Gasteiger partial charge in [-0.05, 0) is 30.5 Å². The Bertz CT molecular complexity index is 433. The summed E-state index contributed by atoms with van der Waals surface area (Å²) in [7, 11) is 0. The van der Waals surface area contributed by atoms with Crippen LogP contribution in [-0.4, -0.2) is 17.9 Å². The molecule has 1 aromatic carbocycles. The molecule has 0 aromatic heterocycles. The molecule has 0 radical (unpaired) electrons. The lowest BCUT2D eigenvalue weighted by atomic mass is 9.95. The van der Waals surface area contributed by atoms with Gasteiger partial charge in [0, 0.05) is 11.6 Å². The fraction of sp³-hybridized carbons (Fsp3) is 0.429. The lowest BCUT2D eigenvalue weighted by Gasteiger charge is -2.22. The number of hydrogen-bond acceptors (Lipinski definition) is 3. The van der Waals surface area contributed by atoms with Crippen LogP contribution in [0.4, 0.5) is 0 Å². The molecule has 1 fully saturated rings. The van der Waals surface area contributed by atoms with E-state index in [1.165, 1.54) is 30.7 Å². The Balaban J connectivity index is 1.97. The minimum absolute atomic E-state index is 0.0872. The number of nitrogens with one attached hydrogen (secondary N) is 1. The number of rotatable bonds is 3. The number of benzene rings is 1. The van der Waals surface area contributed by atoms with Crippen LogP contribution < -0.4 is 10.4 Å². The lowest BCUT2D eigenvalue weighted by molar-refractivity contribution is -0.255. The van der Waals surface area contributed by atoms with E-state index >= 15 is 0 Å². The van der Waals surface area contributed by atoms with Crippen molar-refractivity contribution in [2.24, 2.45) is 0 Å². The van der Waals surface area contributed by atoms with Crippen LogP contribution in [0.15, 0.2) is 24.3 Å². The van der Waals surface area contributed by atoms with Gasteiger partial charge >= 0.3 is 0 Å². The van der Waals surface area contributed by atoms with Crippen molar-refractivity contribution in [3.8, 4) is 0 Å². The molecule has 1 aromatic rings. The summed E-state index contributed by atoms with van der Waals surface area (Å²) in [5.41, 5.74) is 0.579. The Morgan fingerprint density at radius 2 is 1.56 bits per heavy atom. The van der Waals surface area contributed by atoms with E-state index in [0.717, 1.165) is 25.7 Å². The lowest BCUT2D eigenvalue weighted by Crippen LogP contribution is -2.36. The maximum atomic E-state index is 11.9. The van der Waals surface area contributed by atoms with Crippen molar-refractivity contribution >= 4 is 11.9 Å². The number of hydrogen-bond donors (Lipinski definition) is 1. The molecule has 4 nitrogen and oxygen atoms in total. The summed E-state index contributed by atoms with van der Waals surface area (Å²) in [6.45, 7) is 0. The molecule has 0 spiro atoms. The fourth-order valence-electron chi connectivity index (χ4n) is 2.27. The third-order valence-corrected chi connectivity index (χ3v) is 3.32. The molecule has 0 unspecified atom stereocenters.